The molecule has 2 saturated heterocycles. The minimum Gasteiger partial charge on any atom is -0.465 e. The van der Waals surface area contributed by atoms with Crippen LogP contribution in [0.5, 0.6) is 0 Å². The first-order valence-electron chi connectivity index (χ1n) is 22.2. The molecule has 2 fully saturated rings. The number of H-pyrrole nitrogens is 2. The lowest BCUT2D eigenvalue weighted by atomic mass is 9.89. The first-order valence-corrected chi connectivity index (χ1v) is 22.2. The average molecular weight is 881 g/mol. The van der Waals surface area contributed by atoms with Crippen LogP contribution < -0.4 is 10.6 Å². The fraction of sp³-hybridized carbons (Fsp3) is 0.231. The van der Waals surface area contributed by atoms with Crippen molar-refractivity contribution in [2.45, 2.75) is 63.7 Å². The highest BCUT2D eigenvalue weighted by Crippen LogP contribution is 2.39. The molecule has 0 radical (unpaired) electrons. The number of aromatic nitrogens is 4. The van der Waals surface area contributed by atoms with Crippen molar-refractivity contribution in [1.82, 2.24) is 40.4 Å². The van der Waals surface area contributed by atoms with Crippen LogP contribution in [-0.2, 0) is 9.59 Å². The van der Waals surface area contributed by atoms with Crippen molar-refractivity contribution in [3.63, 3.8) is 0 Å². The highest BCUT2D eigenvalue weighted by Gasteiger charge is 2.38. The van der Waals surface area contributed by atoms with Crippen molar-refractivity contribution in [3.05, 3.63) is 155 Å². The number of carbonyl (C=O) groups is 4. The Labute approximate surface area is 379 Å². The molecule has 0 bridgehead atoms. The van der Waals surface area contributed by atoms with E-state index in [1.807, 2.05) is 24.3 Å². The summed E-state index contributed by atoms with van der Waals surface area (Å²) in [4.78, 5) is 71.9. The van der Waals surface area contributed by atoms with Crippen molar-refractivity contribution in [2.24, 2.45) is 0 Å². The number of likely N-dealkylation sites (tertiary alicyclic amines) is 2. The molecule has 6 aromatic carbocycles. The molecule has 14 nitrogen and oxygen atoms in total. The van der Waals surface area contributed by atoms with E-state index in [0.29, 0.717) is 48.7 Å². The number of imidazole rings is 2. The van der Waals surface area contributed by atoms with Crippen LogP contribution in [0, 0.1) is 13.8 Å². The number of nitrogens with one attached hydrogen (secondary N) is 4. The Hall–Kier alpha value is -8.00. The van der Waals surface area contributed by atoms with Gasteiger partial charge >= 0.3 is 12.2 Å². The number of aromatic amines is 2. The summed E-state index contributed by atoms with van der Waals surface area (Å²) in [6.45, 7) is 5.27. The molecule has 2 aliphatic heterocycles. The molecule has 2 unspecified atom stereocenters. The van der Waals surface area contributed by atoms with Gasteiger partial charge in [-0.1, -0.05) is 91.0 Å². The van der Waals surface area contributed by atoms with E-state index in [9.17, 15) is 29.4 Å². The van der Waals surface area contributed by atoms with Crippen LogP contribution in [0.4, 0.5) is 9.59 Å². The summed E-state index contributed by atoms with van der Waals surface area (Å²) in [6.07, 6.45) is 0.429. The van der Waals surface area contributed by atoms with E-state index in [1.165, 1.54) is 0 Å². The molecule has 4 heterocycles. The zero-order valence-electron chi connectivity index (χ0n) is 36.4. The Morgan fingerprint density at radius 1 is 0.606 bits per heavy atom. The maximum absolute atomic E-state index is 14.0. The number of nitrogens with zero attached hydrogens (tertiary/aromatic N) is 4. The van der Waals surface area contributed by atoms with Gasteiger partial charge in [0.2, 0.25) is 0 Å². The van der Waals surface area contributed by atoms with E-state index in [4.69, 9.17) is 9.97 Å². The van der Waals surface area contributed by atoms with E-state index in [-0.39, 0.29) is 23.9 Å². The molecule has 10 rings (SSSR count). The van der Waals surface area contributed by atoms with Crippen LogP contribution in [0.1, 0.15) is 83.8 Å². The summed E-state index contributed by atoms with van der Waals surface area (Å²) < 4.78 is 0. The molecule has 0 spiro atoms. The van der Waals surface area contributed by atoms with Gasteiger partial charge in [-0.3, -0.25) is 9.59 Å². The standard InChI is InChI=1S/C52H48N8O6/c1-29-25-35-18-17-33(34-19-21-38-40(27-34)55-47(53-38)42-15-9-23-59(42)49(61)45(57-51(63)64)31-11-5-3-6-12-31)26-37(35)30(2)44(29)36-20-22-39-41(28-36)56-48(54-39)43-16-10-24-60(43)50(62)46(58-52(65)66)32-13-7-4-8-14-32/h3-8,11-14,17-22,25-28,42-43,45-46,57-58H,9-10,15-16,23-24H2,1-2H3,(H,53,55)(H,54,56)(H,63,64)(H,65,66)/t42?,43-,45?,46+/m0/s1. The van der Waals surface area contributed by atoms with E-state index >= 15 is 0 Å². The normalized spacial score (nSPS) is 17.1. The minimum atomic E-state index is -1.26. The minimum absolute atomic E-state index is 0.307. The Bertz CT molecular complexity index is 3180. The molecule has 2 aliphatic rings. The van der Waals surface area contributed by atoms with Crippen molar-refractivity contribution < 1.29 is 29.4 Å². The average Bonchev–Trinajstić information content (AvgIpc) is 4.16. The van der Waals surface area contributed by atoms with Crippen molar-refractivity contribution in [1.29, 1.82) is 0 Å². The Morgan fingerprint density at radius 2 is 1.08 bits per heavy atom. The van der Waals surface area contributed by atoms with Crippen LogP contribution >= 0.6 is 0 Å². The van der Waals surface area contributed by atoms with Gasteiger partial charge in [-0.15, -0.1) is 0 Å². The molecule has 4 atom stereocenters. The van der Waals surface area contributed by atoms with E-state index in [2.05, 4.69) is 83.0 Å². The third kappa shape index (κ3) is 7.84. The molecule has 8 aromatic rings. The number of aryl methyl sites for hydroxylation is 2. The number of hydrogen-bond donors (Lipinski definition) is 6. The van der Waals surface area contributed by atoms with Gasteiger partial charge in [0.15, 0.2) is 0 Å². The maximum Gasteiger partial charge on any atom is 0.405 e. The molecule has 4 amide bonds. The van der Waals surface area contributed by atoms with Crippen molar-refractivity contribution >= 4 is 56.8 Å². The fourth-order valence-corrected chi connectivity index (χ4v) is 10.1. The number of amides is 4. The summed E-state index contributed by atoms with van der Waals surface area (Å²) in [5.41, 5.74) is 10.9. The summed E-state index contributed by atoms with van der Waals surface area (Å²) in [7, 11) is 0. The van der Waals surface area contributed by atoms with Gasteiger partial charge in [-0.25, -0.2) is 19.6 Å². The van der Waals surface area contributed by atoms with Gasteiger partial charge in [0.1, 0.15) is 23.7 Å². The van der Waals surface area contributed by atoms with Gasteiger partial charge in [0.25, 0.3) is 11.8 Å². The van der Waals surface area contributed by atoms with Crippen LogP contribution in [-0.4, -0.2) is 77.0 Å². The van der Waals surface area contributed by atoms with Crippen molar-refractivity contribution in [3.8, 4) is 22.3 Å². The van der Waals surface area contributed by atoms with Gasteiger partial charge in [-0.05, 0) is 125 Å². The zero-order valence-corrected chi connectivity index (χ0v) is 36.4. The van der Waals surface area contributed by atoms with E-state index < -0.39 is 24.3 Å². The summed E-state index contributed by atoms with van der Waals surface area (Å²) in [6, 6.07) is 36.2. The first-order chi connectivity index (χ1) is 32.0. The predicted octanol–water partition coefficient (Wildman–Crippen LogP) is 9.89. The molecule has 14 heteroatoms. The van der Waals surface area contributed by atoms with Gasteiger partial charge in [-0.2, -0.15) is 0 Å². The smallest absolute Gasteiger partial charge is 0.405 e. The highest BCUT2D eigenvalue weighted by atomic mass is 16.4. The highest BCUT2D eigenvalue weighted by molar-refractivity contribution is 5.98. The maximum atomic E-state index is 14.0. The molecule has 6 N–H and O–H groups in total. The third-order valence-corrected chi connectivity index (χ3v) is 13.2. The first kappa shape index (κ1) is 42.0. The monoisotopic (exact) mass is 880 g/mol. The molecular weight excluding hydrogens is 833 g/mol. The van der Waals surface area contributed by atoms with Gasteiger partial charge in [0, 0.05) is 13.1 Å². The zero-order chi connectivity index (χ0) is 45.6. The van der Waals surface area contributed by atoms with Crippen LogP contribution in [0.2, 0.25) is 0 Å². The van der Waals surface area contributed by atoms with Gasteiger partial charge < -0.3 is 40.6 Å². The summed E-state index contributed by atoms with van der Waals surface area (Å²) in [5.74, 6) is 0.729. The molecule has 332 valence electrons. The second kappa shape index (κ2) is 17.2. The lowest BCUT2D eigenvalue weighted by Crippen LogP contribution is -2.42. The van der Waals surface area contributed by atoms with Gasteiger partial charge in [0.05, 0.1) is 34.2 Å². The topological polar surface area (TPSA) is 197 Å². The Kier molecular flexibility index (Phi) is 10.9. The SMILES string of the molecule is Cc1cc2ccc(-c3ccc4[nH]c(C5CCCN5C(=O)C(NC(=O)O)c5ccccc5)nc4c3)cc2c(C)c1-c1ccc2[nH]c([C@@H]3CCCN3C(=O)[C@H](NC(=O)O)c3ccccc3)nc2c1. The number of benzene rings is 6. The van der Waals surface area contributed by atoms with Crippen LogP contribution in [0.3, 0.4) is 0 Å². The fourth-order valence-electron chi connectivity index (χ4n) is 10.1. The molecule has 0 saturated carbocycles. The molecular formula is C52H48N8O6. The second-order valence-electron chi connectivity index (χ2n) is 17.3. The summed E-state index contributed by atoms with van der Waals surface area (Å²) >= 11 is 0. The lowest BCUT2D eigenvalue weighted by molar-refractivity contribution is -0.135. The number of rotatable bonds is 10. The number of carbonyl (C=O) groups excluding carboxylic acids is 2. The van der Waals surface area contributed by atoms with Crippen LogP contribution in [0.15, 0.2) is 121 Å². The Morgan fingerprint density at radius 3 is 1.59 bits per heavy atom. The van der Waals surface area contributed by atoms with E-state index in [1.54, 1.807) is 58.3 Å². The summed E-state index contributed by atoms with van der Waals surface area (Å²) in [5, 5.41) is 26.3. The van der Waals surface area contributed by atoms with Crippen LogP contribution in [0.25, 0.3) is 55.1 Å². The largest absolute Gasteiger partial charge is 0.465 e. The third-order valence-electron chi connectivity index (χ3n) is 13.2. The predicted molar refractivity (Wildman–Crippen MR) is 252 cm³/mol. The second-order valence-corrected chi connectivity index (χ2v) is 17.3. The lowest BCUT2D eigenvalue weighted by Gasteiger charge is -2.28. The number of carboxylic acid groups (broad SMARTS) is 2. The van der Waals surface area contributed by atoms with E-state index in [0.717, 1.165) is 79.1 Å². The van der Waals surface area contributed by atoms with Crippen molar-refractivity contribution in [2.75, 3.05) is 13.1 Å². The quantitative estimate of drug-likeness (QED) is 0.0780. The molecule has 2 aromatic heterocycles. The Balaban J connectivity index is 0.918. The molecule has 0 aliphatic carbocycles. The number of fused-ring (bicyclic) bond motifs is 3. The molecule has 66 heavy (non-hydrogen) atoms. The number of hydrogen-bond acceptors (Lipinski definition) is 6.